The summed E-state index contributed by atoms with van der Waals surface area (Å²) in [5.74, 6) is -0.876. The fourth-order valence-corrected chi connectivity index (χ4v) is 8.91. The van der Waals surface area contributed by atoms with Crippen LogP contribution in [0.5, 0.6) is 0 Å². The van der Waals surface area contributed by atoms with Crippen LogP contribution in [0.25, 0.3) is 0 Å². The Morgan fingerprint density at radius 2 is 0.527 bits per heavy atom. The van der Waals surface area contributed by atoms with Gasteiger partial charge in [0.05, 0.1) is 0 Å². The predicted octanol–water partition coefficient (Wildman–Crippen LogP) is 21.5. The van der Waals surface area contributed by atoms with Crippen molar-refractivity contribution in [1.29, 1.82) is 0 Å². The van der Waals surface area contributed by atoms with Gasteiger partial charge in [0, 0.05) is 19.3 Å². The third-order valence-electron chi connectivity index (χ3n) is 13.6. The summed E-state index contributed by atoms with van der Waals surface area (Å²) >= 11 is 0. The zero-order valence-corrected chi connectivity index (χ0v) is 48.8. The molecule has 0 aliphatic heterocycles. The van der Waals surface area contributed by atoms with Gasteiger partial charge >= 0.3 is 17.9 Å². The topological polar surface area (TPSA) is 78.9 Å². The molecule has 0 saturated carbocycles. The second kappa shape index (κ2) is 62.1. The lowest BCUT2D eigenvalue weighted by Crippen LogP contribution is -2.30. The molecule has 0 spiro atoms. The summed E-state index contributed by atoms with van der Waals surface area (Å²) in [6.07, 6.45) is 81.6. The molecule has 0 heterocycles. The van der Waals surface area contributed by atoms with E-state index in [-0.39, 0.29) is 31.1 Å². The van der Waals surface area contributed by atoms with E-state index in [4.69, 9.17) is 14.2 Å². The molecule has 0 radical (unpaired) electrons. The Kier molecular flexibility index (Phi) is 59.3. The Morgan fingerprint density at radius 3 is 0.838 bits per heavy atom. The maximum atomic E-state index is 12.9. The summed E-state index contributed by atoms with van der Waals surface area (Å²) in [4.78, 5) is 38.2. The van der Waals surface area contributed by atoms with Gasteiger partial charge in [-0.3, -0.25) is 14.4 Å². The number of hydrogen-bond acceptors (Lipinski definition) is 6. The number of rotatable bonds is 57. The van der Waals surface area contributed by atoms with Gasteiger partial charge in [-0.25, -0.2) is 0 Å². The highest BCUT2D eigenvalue weighted by atomic mass is 16.6. The number of carbonyl (C=O) groups excluding carboxylic acids is 3. The van der Waals surface area contributed by atoms with E-state index in [0.29, 0.717) is 19.3 Å². The van der Waals surface area contributed by atoms with Gasteiger partial charge in [-0.1, -0.05) is 279 Å². The van der Waals surface area contributed by atoms with Crippen molar-refractivity contribution in [3.05, 3.63) is 85.1 Å². The van der Waals surface area contributed by atoms with Gasteiger partial charge in [0.1, 0.15) is 13.2 Å². The standard InChI is InChI=1S/C68H118O6/c1-4-7-10-13-16-19-22-24-26-28-29-30-31-32-33-34-35-36-37-38-39-41-42-44-46-49-52-55-58-61-67(70)73-64-65(63-72-66(69)60-57-54-51-48-21-18-15-12-9-6-3)74-68(71)62-59-56-53-50-47-45-43-40-27-25-23-20-17-14-11-8-5-2/h7,10,16,19,24-27,29-30,32-33,35-36,65H,4-6,8-9,11-15,17-18,20-23,28,31,34,37-64H2,1-3H3/b10-7-,19-16-,26-24-,27-25-,30-29-,33-32-,36-35-. The zero-order valence-electron chi connectivity index (χ0n) is 48.8. The van der Waals surface area contributed by atoms with Gasteiger partial charge in [-0.2, -0.15) is 0 Å². The number of esters is 3. The van der Waals surface area contributed by atoms with Crippen LogP contribution in [0.3, 0.4) is 0 Å². The maximum absolute atomic E-state index is 12.9. The molecule has 0 amide bonds. The van der Waals surface area contributed by atoms with E-state index in [1.54, 1.807) is 0 Å². The van der Waals surface area contributed by atoms with Crippen LogP contribution in [0, 0.1) is 0 Å². The molecule has 0 aromatic heterocycles. The van der Waals surface area contributed by atoms with E-state index in [1.165, 1.54) is 173 Å². The van der Waals surface area contributed by atoms with Crippen molar-refractivity contribution in [3.63, 3.8) is 0 Å². The van der Waals surface area contributed by atoms with E-state index >= 15 is 0 Å². The fourth-order valence-electron chi connectivity index (χ4n) is 8.91. The number of ether oxygens (including phenoxy) is 3. The van der Waals surface area contributed by atoms with Gasteiger partial charge in [-0.15, -0.1) is 0 Å². The second-order valence-corrected chi connectivity index (χ2v) is 20.9. The van der Waals surface area contributed by atoms with E-state index in [1.807, 2.05) is 0 Å². The van der Waals surface area contributed by atoms with E-state index in [2.05, 4.69) is 106 Å². The lowest BCUT2D eigenvalue weighted by Gasteiger charge is -2.18. The smallest absolute Gasteiger partial charge is 0.306 e. The first-order valence-corrected chi connectivity index (χ1v) is 31.6. The minimum Gasteiger partial charge on any atom is -0.462 e. The first-order valence-electron chi connectivity index (χ1n) is 31.6. The van der Waals surface area contributed by atoms with Crippen molar-refractivity contribution in [2.75, 3.05) is 13.2 Å². The van der Waals surface area contributed by atoms with Gasteiger partial charge < -0.3 is 14.2 Å². The van der Waals surface area contributed by atoms with Crippen molar-refractivity contribution in [2.24, 2.45) is 0 Å². The highest BCUT2D eigenvalue weighted by Crippen LogP contribution is 2.16. The molecular weight excluding hydrogens is 913 g/mol. The monoisotopic (exact) mass is 1030 g/mol. The molecule has 74 heavy (non-hydrogen) atoms. The summed E-state index contributed by atoms with van der Waals surface area (Å²) in [6, 6.07) is 0. The Balaban J connectivity index is 4.22. The number of carbonyl (C=O) groups is 3. The zero-order chi connectivity index (χ0) is 53.6. The van der Waals surface area contributed by atoms with Crippen LogP contribution < -0.4 is 0 Å². The van der Waals surface area contributed by atoms with Gasteiger partial charge in [0.2, 0.25) is 0 Å². The minimum absolute atomic E-state index is 0.0761. The molecule has 0 saturated heterocycles. The van der Waals surface area contributed by atoms with Crippen molar-refractivity contribution in [2.45, 2.75) is 316 Å². The lowest BCUT2D eigenvalue weighted by atomic mass is 10.1. The van der Waals surface area contributed by atoms with Gasteiger partial charge in [-0.05, 0) is 96.3 Å². The SMILES string of the molecule is CC/C=C\C/C=C\C/C=C\C/C=C\C/C=C\C/C=C\CCCCCCCCCCCCC(=O)OCC(COC(=O)CCCCCCCCCCCC)OC(=O)CCCCCCCCC/C=C\CCCCCCCC. The van der Waals surface area contributed by atoms with Gasteiger partial charge in [0.25, 0.3) is 0 Å². The van der Waals surface area contributed by atoms with Crippen molar-refractivity contribution in [3.8, 4) is 0 Å². The highest BCUT2D eigenvalue weighted by molar-refractivity contribution is 5.71. The van der Waals surface area contributed by atoms with Crippen LogP contribution in [-0.2, 0) is 28.6 Å². The molecule has 0 bridgehead atoms. The van der Waals surface area contributed by atoms with Crippen molar-refractivity contribution < 1.29 is 28.6 Å². The molecule has 0 aliphatic rings. The largest absolute Gasteiger partial charge is 0.462 e. The van der Waals surface area contributed by atoms with Gasteiger partial charge in [0.15, 0.2) is 6.10 Å². The third-order valence-corrected chi connectivity index (χ3v) is 13.6. The summed E-state index contributed by atoms with van der Waals surface area (Å²) in [6.45, 7) is 6.53. The fraction of sp³-hybridized carbons (Fsp3) is 0.750. The summed E-state index contributed by atoms with van der Waals surface area (Å²) in [5.41, 5.74) is 0. The molecule has 0 fully saturated rings. The molecule has 0 N–H and O–H groups in total. The Hall–Kier alpha value is -3.41. The van der Waals surface area contributed by atoms with Crippen molar-refractivity contribution >= 4 is 17.9 Å². The van der Waals surface area contributed by atoms with E-state index in [9.17, 15) is 14.4 Å². The molecule has 1 unspecified atom stereocenters. The summed E-state index contributed by atoms with van der Waals surface area (Å²) in [7, 11) is 0. The normalized spacial score (nSPS) is 12.6. The molecule has 0 aromatic rings. The molecule has 1 atom stereocenters. The quantitative estimate of drug-likeness (QED) is 0.0261. The molecule has 6 heteroatoms. The first kappa shape index (κ1) is 70.6. The predicted molar refractivity (Wildman–Crippen MR) is 321 cm³/mol. The number of hydrogen-bond donors (Lipinski definition) is 0. The van der Waals surface area contributed by atoms with Crippen LogP contribution in [0.1, 0.15) is 310 Å². The summed E-state index contributed by atoms with van der Waals surface area (Å²) < 4.78 is 16.9. The van der Waals surface area contributed by atoms with Crippen molar-refractivity contribution in [1.82, 2.24) is 0 Å². The Morgan fingerprint density at radius 1 is 0.284 bits per heavy atom. The van der Waals surface area contributed by atoms with Crippen LogP contribution in [-0.4, -0.2) is 37.2 Å². The first-order chi connectivity index (χ1) is 36.5. The number of unbranched alkanes of at least 4 members (excludes halogenated alkanes) is 32. The minimum atomic E-state index is -0.778. The second-order valence-electron chi connectivity index (χ2n) is 20.9. The highest BCUT2D eigenvalue weighted by Gasteiger charge is 2.19. The van der Waals surface area contributed by atoms with E-state index < -0.39 is 6.10 Å². The molecule has 0 aromatic carbocycles. The molecule has 0 rings (SSSR count). The van der Waals surface area contributed by atoms with Crippen LogP contribution in [0.15, 0.2) is 85.1 Å². The van der Waals surface area contributed by atoms with Crippen LogP contribution >= 0.6 is 0 Å². The molecule has 426 valence electrons. The third kappa shape index (κ3) is 59.5. The van der Waals surface area contributed by atoms with E-state index in [0.717, 1.165) is 96.3 Å². The molecular formula is C68H118O6. The summed E-state index contributed by atoms with van der Waals surface area (Å²) in [5, 5.41) is 0. The number of allylic oxidation sites excluding steroid dienone is 14. The Bertz CT molecular complexity index is 1420. The molecule has 0 aliphatic carbocycles. The van der Waals surface area contributed by atoms with Crippen LogP contribution in [0.2, 0.25) is 0 Å². The maximum Gasteiger partial charge on any atom is 0.306 e. The average Bonchev–Trinajstić information content (AvgIpc) is 3.40. The van der Waals surface area contributed by atoms with Crippen LogP contribution in [0.4, 0.5) is 0 Å². The average molecular weight is 1030 g/mol. The lowest BCUT2D eigenvalue weighted by molar-refractivity contribution is -0.167. The Labute approximate surface area is 458 Å². The molecule has 6 nitrogen and oxygen atoms in total.